The summed E-state index contributed by atoms with van der Waals surface area (Å²) in [5.74, 6) is -5.41. The average molecular weight is 457 g/mol. The van der Waals surface area contributed by atoms with Crippen molar-refractivity contribution in [3.05, 3.63) is 0 Å². The zero-order valence-electron chi connectivity index (χ0n) is 14.9. The summed E-state index contributed by atoms with van der Waals surface area (Å²) >= 11 is 0. The third-order valence-electron chi connectivity index (χ3n) is 4.75. The topological polar surface area (TPSA) is 105 Å². The predicted octanol–water partition coefficient (Wildman–Crippen LogP) is 2.30. The second kappa shape index (κ2) is 8.55. The standard InChI is InChI=1S/C15H20F6O7S/c16-14(17,18)13(15(19,20)21,8-29(23,24)25)28-12(22)5-9-1-3-10(4-2-9)26-6-11-7-27-11/h9-11H,1-8H2,(H,23,24,25)/p-1. The Kier molecular flexibility index (Phi) is 7.12. The van der Waals surface area contributed by atoms with E-state index in [1.807, 2.05) is 0 Å². The Morgan fingerprint density at radius 1 is 1.03 bits per heavy atom. The minimum Gasteiger partial charge on any atom is -0.748 e. The number of hydrogen-bond acceptors (Lipinski definition) is 7. The molecule has 2 rings (SSSR count). The molecule has 1 saturated carbocycles. The maximum Gasteiger partial charge on any atom is 0.438 e. The lowest BCUT2D eigenvalue weighted by molar-refractivity contribution is -0.361. The molecule has 0 spiro atoms. The van der Waals surface area contributed by atoms with E-state index in [2.05, 4.69) is 4.74 Å². The molecule has 0 aromatic heterocycles. The Bertz CT molecular complexity index is 664. The van der Waals surface area contributed by atoms with Crippen molar-refractivity contribution in [1.82, 2.24) is 0 Å². The number of halogens is 6. The van der Waals surface area contributed by atoms with Crippen LogP contribution < -0.4 is 0 Å². The van der Waals surface area contributed by atoms with Crippen LogP contribution in [-0.2, 0) is 29.1 Å². The molecule has 1 heterocycles. The van der Waals surface area contributed by atoms with E-state index in [1.54, 1.807) is 0 Å². The molecule has 1 aliphatic heterocycles. The number of carbonyl (C=O) groups is 1. The SMILES string of the molecule is O=C(CC1CCC(OCC2CO2)CC1)OC(CS(=O)(=O)[O-])(C(F)(F)F)C(F)(F)F. The van der Waals surface area contributed by atoms with E-state index >= 15 is 0 Å². The molecule has 2 aliphatic rings. The maximum atomic E-state index is 13.1. The summed E-state index contributed by atoms with van der Waals surface area (Å²) in [6.45, 7) is 0.987. The van der Waals surface area contributed by atoms with Gasteiger partial charge in [0.15, 0.2) is 0 Å². The van der Waals surface area contributed by atoms with Gasteiger partial charge in [0.25, 0.3) is 0 Å². The Labute approximate surface area is 162 Å². The van der Waals surface area contributed by atoms with Gasteiger partial charge in [0.1, 0.15) is 6.10 Å². The molecule has 14 heteroatoms. The van der Waals surface area contributed by atoms with Crippen molar-refractivity contribution in [3.8, 4) is 0 Å². The van der Waals surface area contributed by atoms with Gasteiger partial charge in [-0.3, -0.25) is 4.79 Å². The number of alkyl halides is 6. The third kappa shape index (κ3) is 6.69. The number of esters is 1. The largest absolute Gasteiger partial charge is 0.748 e. The summed E-state index contributed by atoms with van der Waals surface area (Å²) in [5, 5.41) is 0. The van der Waals surface area contributed by atoms with Crippen LogP contribution >= 0.6 is 0 Å². The molecular weight excluding hydrogens is 438 g/mol. The number of epoxide rings is 1. The Balaban J connectivity index is 2.00. The highest BCUT2D eigenvalue weighted by molar-refractivity contribution is 7.85. The first kappa shape index (κ1) is 24.2. The summed E-state index contributed by atoms with van der Waals surface area (Å²) in [6, 6.07) is 0. The van der Waals surface area contributed by atoms with Gasteiger partial charge in [-0.1, -0.05) is 0 Å². The van der Waals surface area contributed by atoms with Crippen LogP contribution in [0.5, 0.6) is 0 Å². The molecule has 1 unspecified atom stereocenters. The molecule has 1 aliphatic carbocycles. The highest BCUT2D eigenvalue weighted by Crippen LogP contribution is 2.47. The Morgan fingerprint density at radius 3 is 1.97 bits per heavy atom. The smallest absolute Gasteiger partial charge is 0.438 e. The van der Waals surface area contributed by atoms with Crippen molar-refractivity contribution < 1.29 is 58.3 Å². The predicted molar refractivity (Wildman–Crippen MR) is 81.6 cm³/mol. The first-order valence-corrected chi connectivity index (χ1v) is 10.2. The third-order valence-corrected chi connectivity index (χ3v) is 5.51. The van der Waals surface area contributed by atoms with Crippen LogP contribution in [0.2, 0.25) is 0 Å². The van der Waals surface area contributed by atoms with E-state index in [9.17, 15) is 44.1 Å². The number of ether oxygens (including phenoxy) is 3. The molecule has 0 amide bonds. The zero-order chi connectivity index (χ0) is 22.1. The van der Waals surface area contributed by atoms with Crippen LogP contribution in [0.15, 0.2) is 0 Å². The molecule has 0 N–H and O–H groups in total. The quantitative estimate of drug-likeness (QED) is 0.238. The molecular formula is C15H19F6O7S-. The molecule has 1 saturated heterocycles. The van der Waals surface area contributed by atoms with Crippen LogP contribution in [0.3, 0.4) is 0 Å². The van der Waals surface area contributed by atoms with Crippen molar-refractivity contribution in [2.45, 2.75) is 62.3 Å². The Morgan fingerprint density at radius 2 is 1.55 bits per heavy atom. The molecule has 7 nitrogen and oxygen atoms in total. The summed E-state index contributed by atoms with van der Waals surface area (Å²) < 4.78 is 125. The highest BCUT2D eigenvalue weighted by Gasteiger charge is 2.75. The molecule has 29 heavy (non-hydrogen) atoms. The zero-order valence-corrected chi connectivity index (χ0v) is 15.7. The molecule has 1 atom stereocenters. The number of rotatable bonds is 8. The molecule has 0 aromatic carbocycles. The first-order chi connectivity index (χ1) is 13.1. The van der Waals surface area contributed by atoms with Gasteiger partial charge >= 0.3 is 23.9 Å². The van der Waals surface area contributed by atoms with E-state index in [-0.39, 0.29) is 12.2 Å². The van der Waals surface area contributed by atoms with Crippen LogP contribution in [0.4, 0.5) is 26.3 Å². The van der Waals surface area contributed by atoms with E-state index in [4.69, 9.17) is 9.47 Å². The highest BCUT2D eigenvalue weighted by atomic mass is 32.2. The van der Waals surface area contributed by atoms with Crippen molar-refractivity contribution >= 4 is 16.1 Å². The van der Waals surface area contributed by atoms with Gasteiger partial charge in [-0.25, -0.2) is 8.42 Å². The normalized spacial score (nSPS) is 26.2. The molecule has 0 radical (unpaired) electrons. The van der Waals surface area contributed by atoms with E-state index in [1.165, 1.54) is 0 Å². The van der Waals surface area contributed by atoms with Gasteiger partial charge in [-0.2, -0.15) is 26.3 Å². The van der Waals surface area contributed by atoms with Crippen LogP contribution in [0.1, 0.15) is 32.1 Å². The van der Waals surface area contributed by atoms with Crippen LogP contribution in [0.25, 0.3) is 0 Å². The van der Waals surface area contributed by atoms with Crippen molar-refractivity contribution in [2.24, 2.45) is 5.92 Å². The second-order valence-electron chi connectivity index (χ2n) is 7.13. The summed E-state index contributed by atoms with van der Waals surface area (Å²) in [6.07, 6.45) is -12.1. The Hall–Kier alpha value is -1.12. The second-order valence-corrected chi connectivity index (χ2v) is 8.54. The minimum absolute atomic E-state index is 0.0397. The van der Waals surface area contributed by atoms with E-state index in [0.29, 0.717) is 38.9 Å². The summed E-state index contributed by atoms with van der Waals surface area (Å²) in [4.78, 5) is 11.8. The lowest BCUT2D eigenvalue weighted by atomic mass is 9.85. The fourth-order valence-electron chi connectivity index (χ4n) is 3.10. The first-order valence-electron chi connectivity index (χ1n) is 8.65. The fourth-order valence-corrected chi connectivity index (χ4v) is 3.98. The van der Waals surface area contributed by atoms with Crippen molar-refractivity contribution in [1.29, 1.82) is 0 Å². The number of carbonyl (C=O) groups excluding carboxylic acids is 1. The van der Waals surface area contributed by atoms with Gasteiger partial charge in [0.2, 0.25) is 0 Å². The fraction of sp³-hybridized carbons (Fsp3) is 0.933. The van der Waals surface area contributed by atoms with Gasteiger partial charge in [-0.15, -0.1) is 0 Å². The molecule has 0 aromatic rings. The van der Waals surface area contributed by atoms with Gasteiger partial charge in [0, 0.05) is 6.42 Å². The minimum atomic E-state index is -6.35. The van der Waals surface area contributed by atoms with Crippen LogP contribution in [0, 0.1) is 5.92 Å². The van der Waals surface area contributed by atoms with E-state index < -0.39 is 52.1 Å². The average Bonchev–Trinajstić information content (AvgIpc) is 3.34. The van der Waals surface area contributed by atoms with E-state index in [0.717, 1.165) is 0 Å². The molecule has 170 valence electrons. The lowest BCUT2D eigenvalue weighted by Gasteiger charge is -2.37. The summed E-state index contributed by atoms with van der Waals surface area (Å²) in [5.41, 5.74) is -5.41. The van der Waals surface area contributed by atoms with Gasteiger partial charge in [-0.05, 0) is 31.6 Å². The maximum absolute atomic E-state index is 13.1. The van der Waals surface area contributed by atoms with Crippen LogP contribution in [-0.4, -0.2) is 68.1 Å². The van der Waals surface area contributed by atoms with Gasteiger partial charge < -0.3 is 18.8 Å². The van der Waals surface area contributed by atoms with Crippen molar-refractivity contribution in [2.75, 3.05) is 19.0 Å². The lowest BCUT2D eigenvalue weighted by Crippen LogP contribution is -2.63. The van der Waals surface area contributed by atoms with Gasteiger partial charge in [0.05, 0.1) is 35.2 Å². The summed E-state index contributed by atoms with van der Waals surface area (Å²) in [7, 11) is -6.04. The molecule has 0 bridgehead atoms. The number of hydrogen-bond donors (Lipinski definition) is 0. The van der Waals surface area contributed by atoms with Crippen molar-refractivity contribution in [3.63, 3.8) is 0 Å². The molecule has 2 fully saturated rings. The monoisotopic (exact) mass is 457 g/mol.